The van der Waals surface area contributed by atoms with Crippen molar-refractivity contribution < 1.29 is 0 Å². The Balaban J connectivity index is 1.78. The van der Waals surface area contributed by atoms with Crippen molar-refractivity contribution in [1.82, 2.24) is 14.5 Å². The van der Waals surface area contributed by atoms with Crippen molar-refractivity contribution in [2.24, 2.45) is 7.05 Å². The molecule has 0 saturated heterocycles. The molecule has 21 heavy (non-hydrogen) atoms. The number of imidazole rings is 1. The van der Waals surface area contributed by atoms with Crippen LogP contribution in [0.15, 0.2) is 48.7 Å². The smallest absolute Gasteiger partial charge is 0.105 e. The summed E-state index contributed by atoms with van der Waals surface area (Å²) in [6, 6.07) is 15.1. The van der Waals surface area contributed by atoms with Crippen LogP contribution in [-0.4, -0.2) is 21.5 Å². The van der Waals surface area contributed by atoms with E-state index < -0.39 is 0 Å². The molecule has 0 saturated carbocycles. The van der Waals surface area contributed by atoms with Crippen molar-refractivity contribution in [3.63, 3.8) is 0 Å². The first kappa shape index (κ1) is 13.8. The molecular formula is C18H21N3. The number of fused-ring (bicyclic) bond motifs is 1. The molecule has 0 unspecified atom stereocenters. The zero-order valence-electron chi connectivity index (χ0n) is 12.9. The Morgan fingerprint density at radius 2 is 1.81 bits per heavy atom. The molecule has 0 radical (unpaired) electrons. The van der Waals surface area contributed by atoms with Gasteiger partial charge in [0.25, 0.3) is 0 Å². The summed E-state index contributed by atoms with van der Waals surface area (Å²) in [5, 5.41) is 2.64. The Morgan fingerprint density at radius 1 is 1.05 bits per heavy atom. The average Bonchev–Trinajstić information content (AvgIpc) is 2.77. The van der Waals surface area contributed by atoms with Crippen molar-refractivity contribution in [2.75, 3.05) is 7.05 Å². The molecule has 0 atom stereocenters. The predicted molar refractivity (Wildman–Crippen MR) is 87.1 cm³/mol. The van der Waals surface area contributed by atoms with Gasteiger partial charge in [0.05, 0.1) is 5.69 Å². The lowest BCUT2D eigenvalue weighted by molar-refractivity contribution is 0.316. The normalized spacial score (nSPS) is 11.4. The quantitative estimate of drug-likeness (QED) is 0.728. The van der Waals surface area contributed by atoms with Gasteiger partial charge in [0, 0.05) is 26.3 Å². The van der Waals surface area contributed by atoms with E-state index in [2.05, 4.69) is 70.2 Å². The molecular weight excluding hydrogens is 258 g/mol. The number of aryl methyl sites for hydroxylation is 2. The lowest BCUT2D eigenvalue weighted by Gasteiger charge is -2.16. The van der Waals surface area contributed by atoms with Gasteiger partial charge in [-0.1, -0.05) is 42.5 Å². The van der Waals surface area contributed by atoms with Gasteiger partial charge in [-0.05, 0) is 30.3 Å². The second kappa shape index (κ2) is 5.70. The molecule has 0 amide bonds. The molecule has 3 nitrogen and oxygen atoms in total. The standard InChI is InChI=1S/C18H21N3/c1-14-19-17(13-21(14)3)12-20(2)11-16-9-6-8-15-7-4-5-10-18(15)16/h4-10,13H,11-12H2,1-3H3. The molecule has 3 heteroatoms. The van der Waals surface area contributed by atoms with Crippen LogP contribution < -0.4 is 0 Å². The monoisotopic (exact) mass is 279 g/mol. The fourth-order valence-corrected chi connectivity index (χ4v) is 2.76. The molecule has 3 aromatic rings. The van der Waals surface area contributed by atoms with Gasteiger partial charge in [-0.3, -0.25) is 4.90 Å². The molecule has 0 bridgehead atoms. The Labute approximate surface area is 125 Å². The Kier molecular flexibility index (Phi) is 3.76. The van der Waals surface area contributed by atoms with Gasteiger partial charge in [0.15, 0.2) is 0 Å². The maximum absolute atomic E-state index is 4.58. The Bertz CT molecular complexity index is 733. The van der Waals surface area contributed by atoms with E-state index in [1.807, 2.05) is 14.0 Å². The van der Waals surface area contributed by atoms with Crippen LogP contribution in [0.3, 0.4) is 0 Å². The second-order valence-corrected chi connectivity index (χ2v) is 5.70. The van der Waals surface area contributed by atoms with E-state index in [0.29, 0.717) is 0 Å². The average molecular weight is 279 g/mol. The van der Waals surface area contributed by atoms with Gasteiger partial charge in [0.2, 0.25) is 0 Å². The van der Waals surface area contributed by atoms with Crippen LogP contribution in [0.25, 0.3) is 10.8 Å². The maximum Gasteiger partial charge on any atom is 0.105 e. The number of hydrogen-bond acceptors (Lipinski definition) is 2. The SMILES string of the molecule is Cc1nc(CN(C)Cc2cccc3ccccc23)cn1C. The van der Waals surface area contributed by atoms with E-state index >= 15 is 0 Å². The molecule has 1 aromatic heterocycles. The zero-order chi connectivity index (χ0) is 14.8. The molecule has 0 spiro atoms. The summed E-state index contributed by atoms with van der Waals surface area (Å²) in [7, 11) is 4.18. The minimum absolute atomic E-state index is 0.866. The van der Waals surface area contributed by atoms with Gasteiger partial charge >= 0.3 is 0 Å². The van der Waals surface area contributed by atoms with Crippen LogP contribution in [0.2, 0.25) is 0 Å². The minimum Gasteiger partial charge on any atom is -0.338 e. The van der Waals surface area contributed by atoms with Crippen LogP contribution in [0.1, 0.15) is 17.1 Å². The van der Waals surface area contributed by atoms with E-state index in [0.717, 1.165) is 24.6 Å². The molecule has 2 aromatic carbocycles. The Morgan fingerprint density at radius 3 is 2.57 bits per heavy atom. The number of aromatic nitrogens is 2. The van der Waals surface area contributed by atoms with Gasteiger partial charge < -0.3 is 4.57 Å². The van der Waals surface area contributed by atoms with E-state index in [9.17, 15) is 0 Å². The molecule has 0 aliphatic rings. The molecule has 3 rings (SSSR count). The molecule has 0 fully saturated rings. The molecule has 0 aliphatic heterocycles. The highest BCUT2D eigenvalue weighted by atomic mass is 15.1. The highest BCUT2D eigenvalue weighted by Gasteiger charge is 2.07. The topological polar surface area (TPSA) is 21.1 Å². The molecule has 0 N–H and O–H groups in total. The highest BCUT2D eigenvalue weighted by molar-refractivity contribution is 5.85. The van der Waals surface area contributed by atoms with Gasteiger partial charge in [-0.2, -0.15) is 0 Å². The lowest BCUT2D eigenvalue weighted by Crippen LogP contribution is -2.17. The maximum atomic E-state index is 4.58. The number of rotatable bonds is 4. The number of nitrogens with zero attached hydrogens (tertiary/aromatic N) is 3. The fraction of sp³-hybridized carbons (Fsp3) is 0.278. The van der Waals surface area contributed by atoms with E-state index in [4.69, 9.17) is 0 Å². The fourth-order valence-electron chi connectivity index (χ4n) is 2.76. The summed E-state index contributed by atoms with van der Waals surface area (Å²) in [5.41, 5.74) is 2.49. The van der Waals surface area contributed by atoms with Crippen LogP contribution in [0, 0.1) is 6.92 Å². The third-order valence-electron chi connectivity index (χ3n) is 3.91. The summed E-state index contributed by atoms with van der Waals surface area (Å²) in [4.78, 5) is 6.88. The molecule has 108 valence electrons. The lowest BCUT2D eigenvalue weighted by atomic mass is 10.0. The van der Waals surface area contributed by atoms with Crippen molar-refractivity contribution in [3.8, 4) is 0 Å². The summed E-state index contributed by atoms with van der Waals surface area (Å²) < 4.78 is 2.07. The van der Waals surface area contributed by atoms with Crippen LogP contribution in [-0.2, 0) is 20.1 Å². The second-order valence-electron chi connectivity index (χ2n) is 5.70. The van der Waals surface area contributed by atoms with Crippen LogP contribution >= 0.6 is 0 Å². The summed E-state index contributed by atoms with van der Waals surface area (Å²) >= 11 is 0. The molecule has 1 heterocycles. The first-order valence-corrected chi connectivity index (χ1v) is 7.27. The molecule has 0 aliphatic carbocycles. The highest BCUT2D eigenvalue weighted by Crippen LogP contribution is 2.20. The van der Waals surface area contributed by atoms with Crippen LogP contribution in [0.4, 0.5) is 0 Å². The minimum atomic E-state index is 0.866. The predicted octanol–water partition coefficient (Wildman–Crippen LogP) is 3.51. The number of hydrogen-bond donors (Lipinski definition) is 0. The zero-order valence-corrected chi connectivity index (χ0v) is 12.9. The van der Waals surface area contributed by atoms with Gasteiger partial charge in [-0.15, -0.1) is 0 Å². The summed E-state index contributed by atoms with van der Waals surface area (Å²) in [6.07, 6.45) is 2.11. The Hall–Kier alpha value is -2.13. The van der Waals surface area contributed by atoms with E-state index in [1.54, 1.807) is 0 Å². The van der Waals surface area contributed by atoms with Crippen molar-refractivity contribution >= 4 is 10.8 Å². The largest absolute Gasteiger partial charge is 0.338 e. The van der Waals surface area contributed by atoms with E-state index in [1.165, 1.54) is 16.3 Å². The van der Waals surface area contributed by atoms with Crippen molar-refractivity contribution in [1.29, 1.82) is 0 Å². The van der Waals surface area contributed by atoms with Crippen molar-refractivity contribution in [2.45, 2.75) is 20.0 Å². The summed E-state index contributed by atoms with van der Waals surface area (Å²) in [6.45, 7) is 3.83. The first-order chi connectivity index (χ1) is 10.1. The van der Waals surface area contributed by atoms with E-state index in [-0.39, 0.29) is 0 Å². The van der Waals surface area contributed by atoms with Gasteiger partial charge in [0.1, 0.15) is 5.82 Å². The third kappa shape index (κ3) is 2.98. The number of benzene rings is 2. The van der Waals surface area contributed by atoms with Crippen LogP contribution in [0.5, 0.6) is 0 Å². The van der Waals surface area contributed by atoms with Gasteiger partial charge in [-0.25, -0.2) is 4.98 Å². The third-order valence-corrected chi connectivity index (χ3v) is 3.91. The first-order valence-electron chi connectivity index (χ1n) is 7.27. The van der Waals surface area contributed by atoms with Crippen molar-refractivity contribution in [3.05, 3.63) is 65.7 Å². The summed E-state index contributed by atoms with van der Waals surface area (Å²) in [5.74, 6) is 1.06.